The summed E-state index contributed by atoms with van der Waals surface area (Å²) >= 11 is 3.96. The SMILES string of the molecule is COc1ccc(CS)c(F)c1. The number of hydrogen-bond acceptors (Lipinski definition) is 2. The van der Waals surface area contributed by atoms with Gasteiger partial charge in [-0.25, -0.2) is 4.39 Å². The highest BCUT2D eigenvalue weighted by Crippen LogP contribution is 2.16. The average Bonchev–Trinajstić information content (AvgIpc) is 2.04. The average molecular weight is 172 g/mol. The molecule has 0 aliphatic heterocycles. The fourth-order valence-corrected chi connectivity index (χ4v) is 1.04. The fraction of sp³-hybridized carbons (Fsp3) is 0.250. The van der Waals surface area contributed by atoms with E-state index in [1.807, 2.05) is 0 Å². The quantitative estimate of drug-likeness (QED) is 0.673. The summed E-state index contributed by atoms with van der Waals surface area (Å²) in [5, 5.41) is 0. The maximum atomic E-state index is 12.9. The molecule has 0 aliphatic rings. The van der Waals surface area contributed by atoms with Crippen LogP contribution in [0.25, 0.3) is 0 Å². The van der Waals surface area contributed by atoms with E-state index in [2.05, 4.69) is 12.6 Å². The third-order valence-electron chi connectivity index (χ3n) is 1.43. The molecule has 3 heteroatoms. The van der Waals surface area contributed by atoms with E-state index in [1.54, 1.807) is 12.1 Å². The van der Waals surface area contributed by atoms with E-state index >= 15 is 0 Å². The van der Waals surface area contributed by atoms with Gasteiger partial charge in [0.2, 0.25) is 0 Å². The molecule has 0 atom stereocenters. The summed E-state index contributed by atoms with van der Waals surface area (Å²) in [6.45, 7) is 0. The Morgan fingerprint density at radius 2 is 2.27 bits per heavy atom. The lowest BCUT2D eigenvalue weighted by Gasteiger charge is -2.01. The molecule has 0 amide bonds. The van der Waals surface area contributed by atoms with E-state index < -0.39 is 0 Å². The van der Waals surface area contributed by atoms with Crippen LogP contribution in [0, 0.1) is 5.82 Å². The molecule has 1 nitrogen and oxygen atoms in total. The molecular formula is C8H9FOS. The number of thiol groups is 1. The smallest absolute Gasteiger partial charge is 0.130 e. The van der Waals surface area contributed by atoms with Gasteiger partial charge in [-0.2, -0.15) is 12.6 Å². The summed E-state index contributed by atoms with van der Waals surface area (Å²) in [6.07, 6.45) is 0. The summed E-state index contributed by atoms with van der Waals surface area (Å²) < 4.78 is 17.7. The Kier molecular flexibility index (Phi) is 2.76. The first-order chi connectivity index (χ1) is 5.27. The van der Waals surface area contributed by atoms with Crippen molar-refractivity contribution < 1.29 is 9.13 Å². The molecule has 1 aromatic rings. The van der Waals surface area contributed by atoms with Gasteiger partial charge in [0.15, 0.2) is 0 Å². The van der Waals surface area contributed by atoms with Gasteiger partial charge >= 0.3 is 0 Å². The van der Waals surface area contributed by atoms with Crippen LogP contribution < -0.4 is 4.74 Å². The standard InChI is InChI=1S/C8H9FOS/c1-10-7-3-2-6(5-11)8(9)4-7/h2-4,11H,5H2,1H3. The lowest BCUT2D eigenvalue weighted by molar-refractivity contribution is 0.411. The van der Waals surface area contributed by atoms with Crippen molar-refractivity contribution >= 4 is 12.6 Å². The molecule has 0 heterocycles. The molecular weight excluding hydrogens is 163 g/mol. The zero-order chi connectivity index (χ0) is 8.27. The van der Waals surface area contributed by atoms with Gasteiger partial charge in [-0.15, -0.1) is 0 Å². The van der Waals surface area contributed by atoms with E-state index in [-0.39, 0.29) is 5.82 Å². The molecule has 0 bridgehead atoms. The summed E-state index contributed by atoms with van der Waals surface area (Å²) in [4.78, 5) is 0. The predicted molar refractivity (Wildman–Crippen MR) is 45.6 cm³/mol. The topological polar surface area (TPSA) is 9.23 Å². The van der Waals surface area contributed by atoms with Crippen LogP contribution in [0.3, 0.4) is 0 Å². The van der Waals surface area contributed by atoms with Crippen molar-refractivity contribution in [3.63, 3.8) is 0 Å². The number of hydrogen-bond donors (Lipinski definition) is 1. The van der Waals surface area contributed by atoms with Crippen molar-refractivity contribution in [2.24, 2.45) is 0 Å². The molecule has 1 aromatic carbocycles. The Hall–Kier alpha value is -0.700. The van der Waals surface area contributed by atoms with Crippen LogP contribution >= 0.6 is 12.6 Å². The number of ether oxygens (including phenoxy) is 1. The molecule has 0 aliphatic carbocycles. The molecule has 0 aromatic heterocycles. The van der Waals surface area contributed by atoms with Crippen LogP contribution in [0.4, 0.5) is 4.39 Å². The van der Waals surface area contributed by atoms with Crippen molar-refractivity contribution in [2.45, 2.75) is 5.75 Å². The first-order valence-electron chi connectivity index (χ1n) is 3.21. The van der Waals surface area contributed by atoms with Gasteiger partial charge in [0.1, 0.15) is 11.6 Å². The lowest BCUT2D eigenvalue weighted by Crippen LogP contribution is -1.88. The highest BCUT2D eigenvalue weighted by atomic mass is 32.1. The minimum Gasteiger partial charge on any atom is -0.497 e. The van der Waals surface area contributed by atoms with Crippen LogP contribution in [0.5, 0.6) is 5.75 Å². The fourth-order valence-electron chi connectivity index (χ4n) is 0.783. The van der Waals surface area contributed by atoms with Crippen LogP contribution in [0.2, 0.25) is 0 Å². The molecule has 0 saturated heterocycles. The van der Waals surface area contributed by atoms with Crippen molar-refractivity contribution in [3.05, 3.63) is 29.6 Å². The number of rotatable bonds is 2. The van der Waals surface area contributed by atoms with E-state index in [0.29, 0.717) is 17.1 Å². The third-order valence-corrected chi connectivity index (χ3v) is 1.77. The van der Waals surface area contributed by atoms with Crippen molar-refractivity contribution in [1.29, 1.82) is 0 Å². The Balaban J connectivity index is 2.99. The van der Waals surface area contributed by atoms with Crippen LogP contribution in [0.1, 0.15) is 5.56 Å². The largest absolute Gasteiger partial charge is 0.497 e. The monoisotopic (exact) mass is 172 g/mol. The summed E-state index contributed by atoms with van der Waals surface area (Å²) in [5.41, 5.74) is 0.592. The zero-order valence-corrected chi connectivity index (χ0v) is 7.07. The predicted octanol–water partition coefficient (Wildman–Crippen LogP) is 2.26. The Morgan fingerprint density at radius 1 is 1.55 bits per heavy atom. The molecule has 0 saturated carbocycles. The molecule has 1 rings (SSSR count). The van der Waals surface area contributed by atoms with Gasteiger partial charge in [-0.05, 0) is 11.6 Å². The van der Waals surface area contributed by atoms with Gasteiger partial charge < -0.3 is 4.74 Å². The molecule has 0 radical (unpaired) electrons. The van der Waals surface area contributed by atoms with E-state index in [0.717, 1.165) is 0 Å². The highest BCUT2D eigenvalue weighted by Gasteiger charge is 2.00. The van der Waals surface area contributed by atoms with Gasteiger partial charge in [-0.3, -0.25) is 0 Å². The van der Waals surface area contributed by atoms with Crippen molar-refractivity contribution in [1.82, 2.24) is 0 Å². The summed E-state index contributed by atoms with van der Waals surface area (Å²) in [7, 11) is 1.51. The maximum Gasteiger partial charge on any atom is 0.130 e. The lowest BCUT2D eigenvalue weighted by atomic mass is 10.2. The van der Waals surface area contributed by atoms with E-state index in [9.17, 15) is 4.39 Å². The molecule has 0 fully saturated rings. The third kappa shape index (κ3) is 1.87. The number of halogens is 1. The Bertz CT molecular complexity index is 250. The zero-order valence-electron chi connectivity index (χ0n) is 6.17. The molecule has 0 N–H and O–H groups in total. The van der Waals surface area contributed by atoms with Gasteiger partial charge in [0.05, 0.1) is 7.11 Å². The first-order valence-corrected chi connectivity index (χ1v) is 3.84. The summed E-state index contributed by atoms with van der Waals surface area (Å²) in [6, 6.07) is 4.74. The van der Waals surface area contributed by atoms with Crippen LogP contribution in [-0.4, -0.2) is 7.11 Å². The summed E-state index contributed by atoms with van der Waals surface area (Å²) in [5.74, 6) is 0.683. The van der Waals surface area contributed by atoms with Gasteiger partial charge in [0.25, 0.3) is 0 Å². The minimum absolute atomic E-state index is 0.264. The maximum absolute atomic E-state index is 12.9. The van der Waals surface area contributed by atoms with E-state index in [1.165, 1.54) is 13.2 Å². The molecule has 60 valence electrons. The molecule has 0 unspecified atom stereocenters. The van der Waals surface area contributed by atoms with Crippen LogP contribution in [-0.2, 0) is 5.75 Å². The number of methoxy groups -OCH3 is 1. The second-order valence-corrected chi connectivity index (χ2v) is 2.43. The minimum atomic E-state index is -0.264. The van der Waals surface area contributed by atoms with Crippen molar-refractivity contribution in [2.75, 3.05) is 7.11 Å². The van der Waals surface area contributed by atoms with Crippen LogP contribution in [0.15, 0.2) is 18.2 Å². The van der Waals surface area contributed by atoms with Gasteiger partial charge in [-0.1, -0.05) is 6.07 Å². The second kappa shape index (κ2) is 3.62. The molecule has 0 spiro atoms. The van der Waals surface area contributed by atoms with Crippen molar-refractivity contribution in [3.8, 4) is 5.75 Å². The Morgan fingerprint density at radius 3 is 2.73 bits per heavy atom. The first kappa shape index (κ1) is 8.40. The van der Waals surface area contributed by atoms with E-state index in [4.69, 9.17) is 4.74 Å². The van der Waals surface area contributed by atoms with Gasteiger partial charge in [0, 0.05) is 11.8 Å². The Labute approximate surface area is 70.6 Å². The second-order valence-electron chi connectivity index (χ2n) is 2.12. The molecule has 11 heavy (non-hydrogen) atoms. The highest BCUT2D eigenvalue weighted by molar-refractivity contribution is 7.79. The normalized spacial score (nSPS) is 9.73. The number of benzene rings is 1.